The fourth-order valence-corrected chi connectivity index (χ4v) is 3.15. The third-order valence-electron chi connectivity index (χ3n) is 4.60. The summed E-state index contributed by atoms with van der Waals surface area (Å²) in [6.07, 6.45) is 0. The predicted molar refractivity (Wildman–Crippen MR) is 104 cm³/mol. The van der Waals surface area contributed by atoms with Gasteiger partial charge < -0.3 is 10.6 Å². The highest BCUT2D eigenvalue weighted by Gasteiger charge is 2.19. The van der Waals surface area contributed by atoms with Crippen molar-refractivity contribution in [1.29, 1.82) is 0 Å². The molecular weight excluding hydrogens is 339 g/mol. The van der Waals surface area contributed by atoms with Gasteiger partial charge in [0.2, 0.25) is 0 Å². The molecule has 27 heavy (non-hydrogen) atoms. The number of nitrogens with one attached hydrogen (secondary N) is 1. The number of quaternary nitrogens is 1. The molecule has 4 heteroatoms. The summed E-state index contributed by atoms with van der Waals surface area (Å²) < 4.78 is 13.1. The minimum Gasteiger partial charge on any atom is -0.345 e. The van der Waals surface area contributed by atoms with Crippen molar-refractivity contribution in [3.63, 3.8) is 0 Å². The molecule has 3 aromatic rings. The van der Waals surface area contributed by atoms with Gasteiger partial charge >= 0.3 is 0 Å². The van der Waals surface area contributed by atoms with Crippen molar-refractivity contribution in [1.82, 2.24) is 5.32 Å². The van der Waals surface area contributed by atoms with Crippen molar-refractivity contribution in [3.05, 3.63) is 107 Å². The van der Waals surface area contributed by atoms with Crippen LogP contribution in [0.2, 0.25) is 0 Å². The quantitative estimate of drug-likeness (QED) is 0.664. The van der Waals surface area contributed by atoms with E-state index >= 15 is 0 Å². The van der Waals surface area contributed by atoms with Gasteiger partial charge in [-0.15, -0.1) is 0 Å². The van der Waals surface area contributed by atoms with Crippen molar-refractivity contribution in [2.24, 2.45) is 0 Å². The van der Waals surface area contributed by atoms with Crippen molar-refractivity contribution in [2.75, 3.05) is 6.54 Å². The normalized spacial score (nSPS) is 12.0. The molecule has 0 radical (unpaired) electrons. The predicted octanol–water partition coefficient (Wildman–Crippen LogP) is 3.36. The number of hydrogen-bond acceptors (Lipinski definition) is 1. The number of carbonyl (C=O) groups is 1. The lowest BCUT2D eigenvalue weighted by Gasteiger charge is -2.18. The van der Waals surface area contributed by atoms with E-state index in [1.807, 2.05) is 48.6 Å². The molecule has 0 aromatic heterocycles. The fourth-order valence-electron chi connectivity index (χ4n) is 3.15. The summed E-state index contributed by atoms with van der Waals surface area (Å²) in [4.78, 5) is 12.4. The molecule has 0 unspecified atom stereocenters. The first-order chi connectivity index (χ1) is 13.1. The molecule has 138 valence electrons. The van der Waals surface area contributed by atoms with E-state index in [0.29, 0.717) is 6.54 Å². The largest absolute Gasteiger partial charge is 0.345 e. The highest BCUT2D eigenvalue weighted by atomic mass is 19.1. The van der Waals surface area contributed by atoms with Gasteiger partial charge in [-0.25, -0.2) is 4.39 Å². The van der Waals surface area contributed by atoms with Gasteiger partial charge in [0.15, 0.2) is 6.54 Å². The van der Waals surface area contributed by atoms with Crippen LogP contribution < -0.4 is 10.6 Å². The molecule has 0 bridgehead atoms. The number of nitrogens with two attached hydrogens (primary N) is 1. The van der Waals surface area contributed by atoms with E-state index in [1.165, 1.54) is 12.1 Å². The molecule has 0 saturated carbocycles. The SMILES string of the molecule is C[C@@H](NC(=O)C[NH2+]C(c1ccccc1)c1ccccc1)c1ccc(F)cc1. The Balaban J connectivity index is 1.64. The Hall–Kier alpha value is -2.98. The molecule has 3 rings (SSSR count). The topological polar surface area (TPSA) is 45.7 Å². The monoisotopic (exact) mass is 363 g/mol. The van der Waals surface area contributed by atoms with E-state index in [-0.39, 0.29) is 23.8 Å². The zero-order chi connectivity index (χ0) is 19.1. The number of carbonyl (C=O) groups excluding carboxylic acids is 1. The highest BCUT2D eigenvalue weighted by molar-refractivity contribution is 5.77. The summed E-state index contributed by atoms with van der Waals surface area (Å²) in [6, 6.07) is 26.4. The molecule has 0 heterocycles. The fraction of sp³-hybridized carbons (Fsp3) is 0.174. The maximum atomic E-state index is 13.1. The highest BCUT2D eigenvalue weighted by Crippen LogP contribution is 2.17. The van der Waals surface area contributed by atoms with Gasteiger partial charge in [-0.05, 0) is 24.6 Å². The average molecular weight is 363 g/mol. The zero-order valence-electron chi connectivity index (χ0n) is 15.3. The average Bonchev–Trinajstić information content (AvgIpc) is 2.70. The Morgan fingerprint density at radius 1 is 0.852 bits per heavy atom. The molecule has 1 atom stereocenters. The Morgan fingerprint density at radius 2 is 1.37 bits per heavy atom. The molecule has 0 aliphatic rings. The molecule has 3 aromatic carbocycles. The molecule has 0 spiro atoms. The van der Waals surface area contributed by atoms with Crippen molar-refractivity contribution in [3.8, 4) is 0 Å². The first-order valence-electron chi connectivity index (χ1n) is 9.11. The summed E-state index contributed by atoms with van der Waals surface area (Å²) in [5.74, 6) is -0.331. The molecule has 0 aliphatic heterocycles. The summed E-state index contributed by atoms with van der Waals surface area (Å²) in [5, 5.41) is 5.02. The van der Waals surface area contributed by atoms with Crippen LogP contribution >= 0.6 is 0 Å². The van der Waals surface area contributed by atoms with Crippen LogP contribution in [-0.4, -0.2) is 12.5 Å². The van der Waals surface area contributed by atoms with Crippen molar-refractivity contribution in [2.45, 2.75) is 19.0 Å². The molecule has 3 nitrogen and oxygen atoms in total. The number of amides is 1. The minimum atomic E-state index is -0.279. The van der Waals surface area contributed by atoms with E-state index in [2.05, 4.69) is 29.6 Å². The van der Waals surface area contributed by atoms with Gasteiger partial charge in [-0.2, -0.15) is 0 Å². The molecule has 1 amide bonds. The van der Waals surface area contributed by atoms with E-state index in [0.717, 1.165) is 16.7 Å². The van der Waals surface area contributed by atoms with Gasteiger partial charge in [-0.1, -0.05) is 72.8 Å². The van der Waals surface area contributed by atoms with Crippen molar-refractivity contribution < 1.29 is 14.5 Å². The maximum absolute atomic E-state index is 13.1. The first kappa shape index (κ1) is 18.8. The van der Waals surface area contributed by atoms with E-state index < -0.39 is 0 Å². The van der Waals surface area contributed by atoms with Crippen LogP contribution in [0.5, 0.6) is 0 Å². The zero-order valence-corrected chi connectivity index (χ0v) is 15.3. The van der Waals surface area contributed by atoms with Crippen LogP contribution in [-0.2, 0) is 4.79 Å². The third kappa shape index (κ3) is 5.25. The lowest BCUT2D eigenvalue weighted by atomic mass is 9.99. The lowest BCUT2D eigenvalue weighted by Crippen LogP contribution is -2.87. The summed E-state index contributed by atoms with van der Waals surface area (Å²) >= 11 is 0. The molecule has 0 aliphatic carbocycles. The van der Waals surface area contributed by atoms with Crippen LogP contribution in [0.15, 0.2) is 84.9 Å². The smallest absolute Gasteiger partial charge is 0.275 e. The Morgan fingerprint density at radius 3 is 1.89 bits per heavy atom. The van der Waals surface area contributed by atoms with Crippen LogP contribution in [0.1, 0.15) is 35.7 Å². The van der Waals surface area contributed by atoms with E-state index in [9.17, 15) is 9.18 Å². The number of rotatable bonds is 7. The van der Waals surface area contributed by atoms with Gasteiger partial charge in [0.05, 0.1) is 6.04 Å². The maximum Gasteiger partial charge on any atom is 0.275 e. The number of halogens is 1. The Kier molecular flexibility index (Phi) is 6.34. The Labute approximate surface area is 159 Å². The van der Waals surface area contributed by atoms with E-state index in [1.54, 1.807) is 12.1 Å². The first-order valence-corrected chi connectivity index (χ1v) is 9.11. The second-order valence-corrected chi connectivity index (χ2v) is 6.58. The minimum absolute atomic E-state index is 0.0521. The van der Waals surface area contributed by atoms with Gasteiger partial charge in [0.25, 0.3) is 5.91 Å². The molecule has 0 saturated heterocycles. The van der Waals surface area contributed by atoms with Crippen LogP contribution in [0.25, 0.3) is 0 Å². The van der Waals surface area contributed by atoms with Crippen LogP contribution in [0.3, 0.4) is 0 Å². The molecule has 0 fully saturated rings. The Bertz CT molecular complexity index is 811. The van der Waals surface area contributed by atoms with Gasteiger partial charge in [-0.3, -0.25) is 4.79 Å². The van der Waals surface area contributed by atoms with Gasteiger partial charge in [0, 0.05) is 11.1 Å². The third-order valence-corrected chi connectivity index (χ3v) is 4.60. The standard InChI is InChI=1S/C23H23FN2O/c1-17(18-12-14-21(24)15-13-18)26-22(27)16-25-23(19-8-4-2-5-9-19)20-10-6-3-7-11-20/h2-15,17,23,25H,16H2,1H3,(H,26,27)/p+1/t17-/m1/s1. The molecule has 3 N–H and O–H groups in total. The van der Waals surface area contributed by atoms with Gasteiger partial charge in [0.1, 0.15) is 11.9 Å². The second kappa shape index (κ2) is 9.10. The second-order valence-electron chi connectivity index (χ2n) is 6.58. The summed E-state index contributed by atoms with van der Waals surface area (Å²) in [7, 11) is 0. The lowest BCUT2D eigenvalue weighted by molar-refractivity contribution is -0.676. The van der Waals surface area contributed by atoms with Crippen LogP contribution in [0.4, 0.5) is 4.39 Å². The summed E-state index contributed by atoms with van der Waals surface area (Å²) in [6.45, 7) is 2.21. The van der Waals surface area contributed by atoms with Crippen LogP contribution in [0, 0.1) is 5.82 Å². The molecular formula is C23H24FN2O+. The number of hydrogen-bond donors (Lipinski definition) is 2. The van der Waals surface area contributed by atoms with E-state index in [4.69, 9.17) is 0 Å². The van der Waals surface area contributed by atoms with Crippen molar-refractivity contribution >= 4 is 5.91 Å². The number of benzene rings is 3. The summed E-state index contributed by atoms with van der Waals surface area (Å²) in [5.41, 5.74) is 3.19.